The van der Waals surface area contributed by atoms with Crippen molar-refractivity contribution in [2.45, 2.75) is 12.5 Å². The lowest BCUT2D eigenvalue weighted by Gasteiger charge is -2.14. The molecule has 1 rings (SSSR count). The standard InChI is InChI=1S/C13H21N3O.2ClH/c1-16(2)9-8-15-13(17)12(14)10-11-6-4-3-5-7-11;;/h3-7,12H,8-10,14H2,1-2H3,(H,15,17);2*1H. The van der Waals surface area contributed by atoms with Crippen LogP contribution in [-0.2, 0) is 11.2 Å². The average molecular weight is 308 g/mol. The molecule has 0 aliphatic heterocycles. The maximum atomic E-state index is 11.7. The van der Waals surface area contributed by atoms with Crippen molar-refractivity contribution in [1.82, 2.24) is 10.2 Å². The summed E-state index contributed by atoms with van der Waals surface area (Å²) in [5, 5.41) is 2.83. The predicted molar refractivity (Wildman–Crippen MR) is 84.2 cm³/mol. The molecule has 0 aliphatic rings. The van der Waals surface area contributed by atoms with E-state index >= 15 is 0 Å². The number of nitrogens with one attached hydrogen (secondary N) is 1. The monoisotopic (exact) mass is 307 g/mol. The van der Waals surface area contributed by atoms with Gasteiger partial charge in [-0.05, 0) is 26.1 Å². The van der Waals surface area contributed by atoms with Gasteiger partial charge in [-0.15, -0.1) is 24.8 Å². The number of nitrogens with zero attached hydrogens (tertiary/aromatic N) is 1. The molecule has 110 valence electrons. The molecular weight excluding hydrogens is 285 g/mol. The molecule has 0 saturated carbocycles. The van der Waals surface area contributed by atoms with Gasteiger partial charge in [0.25, 0.3) is 0 Å². The van der Waals surface area contributed by atoms with Crippen molar-refractivity contribution in [3.05, 3.63) is 35.9 Å². The summed E-state index contributed by atoms with van der Waals surface area (Å²) in [7, 11) is 3.94. The second kappa shape index (κ2) is 11.1. The molecule has 3 N–H and O–H groups in total. The molecule has 1 aromatic rings. The number of amides is 1. The molecule has 1 aromatic carbocycles. The van der Waals surface area contributed by atoms with Gasteiger partial charge in [-0.2, -0.15) is 0 Å². The van der Waals surface area contributed by atoms with E-state index < -0.39 is 6.04 Å². The number of likely N-dealkylation sites (N-methyl/N-ethyl adjacent to an activating group) is 1. The van der Waals surface area contributed by atoms with Gasteiger partial charge in [0.1, 0.15) is 0 Å². The van der Waals surface area contributed by atoms with Gasteiger partial charge in [0.05, 0.1) is 6.04 Å². The third-order valence-corrected chi connectivity index (χ3v) is 2.49. The van der Waals surface area contributed by atoms with E-state index in [9.17, 15) is 4.79 Å². The Labute approximate surface area is 127 Å². The quantitative estimate of drug-likeness (QED) is 0.827. The van der Waals surface area contributed by atoms with Crippen LogP contribution in [0.25, 0.3) is 0 Å². The van der Waals surface area contributed by atoms with Crippen LogP contribution in [0.5, 0.6) is 0 Å². The Balaban J connectivity index is 0. The Bertz CT molecular complexity index is 347. The minimum Gasteiger partial charge on any atom is -0.353 e. The molecule has 4 nitrogen and oxygen atoms in total. The minimum absolute atomic E-state index is 0. The highest BCUT2D eigenvalue weighted by Gasteiger charge is 2.13. The Morgan fingerprint density at radius 2 is 1.84 bits per heavy atom. The van der Waals surface area contributed by atoms with Crippen LogP contribution in [0, 0.1) is 0 Å². The Kier molecular flexibility index (Phi) is 11.9. The highest BCUT2D eigenvalue weighted by molar-refractivity contribution is 5.85. The van der Waals surface area contributed by atoms with E-state index in [1.54, 1.807) is 0 Å². The van der Waals surface area contributed by atoms with Gasteiger partial charge in [0.2, 0.25) is 5.91 Å². The molecule has 6 heteroatoms. The molecule has 0 aliphatic carbocycles. The third kappa shape index (κ3) is 8.83. The van der Waals surface area contributed by atoms with Crippen LogP contribution in [-0.4, -0.2) is 44.0 Å². The summed E-state index contributed by atoms with van der Waals surface area (Å²) < 4.78 is 0. The molecule has 0 fully saturated rings. The molecule has 1 unspecified atom stereocenters. The lowest BCUT2D eigenvalue weighted by molar-refractivity contribution is -0.122. The van der Waals surface area contributed by atoms with Gasteiger partial charge in [0.15, 0.2) is 0 Å². The Morgan fingerprint density at radius 3 is 2.37 bits per heavy atom. The molecular formula is C13H23Cl2N3O. The number of nitrogens with two attached hydrogens (primary N) is 1. The third-order valence-electron chi connectivity index (χ3n) is 2.49. The lowest BCUT2D eigenvalue weighted by atomic mass is 10.1. The number of hydrogen-bond donors (Lipinski definition) is 2. The molecule has 1 amide bonds. The summed E-state index contributed by atoms with van der Waals surface area (Å²) in [5.74, 6) is -0.0873. The van der Waals surface area contributed by atoms with Gasteiger partial charge in [0, 0.05) is 13.1 Å². The number of hydrogen-bond acceptors (Lipinski definition) is 3. The predicted octanol–water partition coefficient (Wildman–Crippen LogP) is 1.08. The van der Waals surface area contributed by atoms with Crippen molar-refractivity contribution in [1.29, 1.82) is 0 Å². The first-order chi connectivity index (χ1) is 8.09. The van der Waals surface area contributed by atoms with Crippen LogP contribution in [0.2, 0.25) is 0 Å². The largest absolute Gasteiger partial charge is 0.353 e. The fraction of sp³-hybridized carbons (Fsp3) is 0.462. The van der Waals surface area contributed by atoms with Crippen molar-refractivity contribution >= 4 is 30.7 Å². The average Bonchev–Trinajstić information content (AvgIpc) is 2.29. The number of halogens is 2. The van der Waals surface area contributed by atoms with Crippen molar-refractivity contribution < 1.29 is 4.79 Å². The van der Waals surface area contributed by atoms with Crippen LogP contribution >= 0.6 is 24.8 Å². The highest BCUT2D eigenvalue weighted by atomic mass is 35.5. The minimum atomic E-state index is -0.473. The fourth-order valence-electron chi connectivity index (χ4n) is 1.49. The molecule has 0 radical (unpaired) electrons. The molecule has 19 heavy (non-hydrogen) atoms. The van der Waals surface area contributed by atoms with Crippen molar-refractivity contribution in [3.8, 4) is 0 Å². The van der Waals surface area contributed by atoms with Crippen molar-refractivity contribution in [2.24, 2.45) is 5.73 Å². The number of carbonyl (C=O) groups excluding carboxylic acids is 1. The number of carbonyl (C=O) groups is 1. The molecule has 0 heterocycles. The number of benzene rings is 1. The second-order valence-electron chi connectivity index (χ2n) is 4.39. The Morgan fingerprint density at radius 1 is 1.26 bits per heavy atom. The van der Waals surface area contributed by atoms with Gasteiger partial charge in [-0.25, -0.2) is 0 Å². The van der Waals surface area contributed by atoms with Gasteiger partial charge in [-0.3, -0.25) is 4.79 Å². The first-order valence-electron chi connectivity index (χ1n) is 5.81. The molecule has 0 bridgehead atoms. The number of rotatable bonds is 6. The lowest BCUT2D eigenvalue weighted by Crippen LogP contribution is -2.44. The molecule has 0 saturated heterocycles. The highest BCUT2D eigenvalue weighted by Crippen LogP contribution is 2.01. The van der Waals surface area contributed by atoms with Crippen LogP contribution in [0.3, 0.4) is 0 Å². The van der Waals surface area contributed by atoms with E-state index in [1.165, 1.54) is 0 Å². The van der Waals surface area contributed by atoms with E-state index in [0.717, 1.165) is 12.1 Å². The first-order valence-corrected chi connectivity index (χ1v) is 5.81. The van der Waals surface area contributed by atoms with Crippen molar-refractivity contribution in [3.63, 3.8) is 0 Å². The zero-order valence-electron chi connectivity index (χ0n) is 11.3. The second-order valence-corrected chi connectivity index (χ2v) is 4.39. The first kappa shape index (κ1) is 20.5. The van der Waals surface area contributed by atoms with Crippen LogP contribution < -0.4 is 11.1 Å². The summed E-state index contributed by atoms with van der Waals surface area (Å²) >= 11 is 0. The summed E-state index contributed by atoms with van der Waals surface area (Å²) in [6.45, 7) is 1.46. The topological polar surface area (TPSA) is 58.4 Å². The normalized spacial score (nSPS) is 11.2. The Hall–Kier alpha value is -0.810. The zero-order chi connectivity index (χ0) is 12.7. The smallest absolute Gasteiger partial charge is 0.237 e. The van der Waals surface area contributed by atoms with Gasteiger partial charge < -0.3 is 16.0 Å². The van der Waals surface area contributed by atoms with Gasteiger partial charge >= 0.3 is 0 Å². The summed E-state index contributed by atoms with van der Waals surface area (Å²) in [4.78, 5) is 13.7. The van der Waals surface area contributed by atoms with Crippen LogP contribution in [0.4, 0.5) is 0 Å². The van der Waals surface area contributed by atoms with Crippen LogP contribution in [0.15, 0.2) is 30.3 Å². The molecule has 0 aromatic heterocycles. The maximum absolute atomic E-state index is 11.7. The SMILES string of the molecule is CN(C)CCNC(=O)C(N)Cc1ccccc1.Cl.Cl. The zero-order valence-corrected chi connectivity index (χ0v) is 13.0. The summed E-state index contributed by atoms with van der Waals surface area (Å²) in [6.07, 6.45) is 0.578. The van der Waals surface area contributed by atoms with Gasteiger partial charge in [-0.1, -0.05) is 30.3 Å². The summed E-state index contributed by atoms with van der Waals surface area (Å²) in [5.41, 5.74) is 6.93. The van der Waals surface area contributed by atoms with E-state index in [0.29, 0.717) is 13.0 Å². The van der Waals surface area contributed by atoms with Crippen molar-refractivity contribution in [2.75, 3.05) is 27.2 Å². The van der Waals surface area contributed by atoms with Crippen LogP contribution in [0.1, 0.15) is 5.56 Å². The molecule has 1 atom stereocenters. The summed E-state index contributed by atoms with van der Waals surface area (Å²) in [6, 6.07) is 9.34. The molecule has 0 spiro atoms. The van der Waals surface area contributed by atoms with E-state index in [4.69, 9.17) is 5.73 Å². The van der Waals surface area contributed by atoms with E-state index in [1.807, 2.05) is 49.3 Å². The maximum Gasteiger partial charge on any atom is 0.237 e. The fourth-order valence-corrected chi connectivity index (χ4v) is 1.49. The van der Waals surface area contributed by atoms with E-state index in [-0.39, 0.29) is 30.7 Å². The van der Waals surface area contributed by atoms with E-state index in [2.05, 4.69) is 5.32 Å².